The Morgan fingerprint density at radius 3 is 2.24 bits per heavy atom. The van der Waals surface area contributed by atoms with E-state index in [-0.39, 0.29) is 22.3 Å². The number of aryl methyl sites for hydroxylation is 1. The zero-order chi connectivity index (χ0) is 31.3. The molecule has 0 bridgehead atoms. The van der Waals surface area contributed by atoms with Crippen LogP contribution in [0.5, 0.6) is 0 Å². The molecule has 42 heavy (non-hydrogen) atoms. The van der Waals surface area contributed by atoms with Gasteiger partial charge in [-0.15, -0.1) is 0 Å². The highest BCUT2D eigenvalue weighted by molar-refractivity contribution is 7.91. The molecule has 3 rings (SSSR count). The van der Waals surface area contributed by atoms with E-state index in [0.29, 0.717) is 25.0 Å². The molecule has 0 heterocycles. The van der Waals surface area contributed by atoms with Crippen LogP contribution in [0.3, 0.4) is 0 Å². The lowest BCUT2D eigenvalue weighted by Crippen LogP contribution is -2.47. The van der Waals surface area contributed by atoms with Crippen LogP contribution in [0.4, 0.5) is 23.7 Å². The molecule has 1 saturated carbocycles. The number of hydrogen-bond donors (Lipinski definition) is 3. The van der Waals surface area contributed by atoms with Crippen LogP contribution in [0, 0.1) is 12.8 Å². The summed E-state index contributed by atoms with van der Waals surface area (Å²) in [5.74, 6) is -2.15. The second kappa shape index (κ2) is 13.1. The first kappa shape index (κ1) is 32.9. The predicted molar refractivity (Wildman–Crippen MR) is 151 cm³/mol. The van der Waals surface area contributed by atoms with Gasteiger partial charge in [-0.1, -0.05) is 30.5 Å². The minimum Gasteiger partial charge on any atom is -0.444 e. The molecule has 3 N–H and O–H groups in total. The molecule has 0 unspecified atom stereocenters. The first-order chi connectivity index (χ1) is 19.4. The van der Waals surface area contributed by atoms with Gasteiger partial charge in [0, 0.05) is 6.04 Å². The first-order valence-electron chi connectivity index (χ1n) is 13.5. The number of nitrogens with one attached hydrogen (secondary N) is 3. The fraction of sp³-hybridized carbons (Fsp3) is 0.483. The zero-order valence-electron chi connectivity index (χ0n) is 23.9. The lowest BCUT2D eigenvalue weighted by molar-refractivity contribution is -0.137. The van der Waals surface area contributed by atoms with Crippen molar-refractivity contribution in [2.24, 2.45) is 5.92 Å². The van der Waals surface area contributed by atoms with Crippen molar-refractivity contribution in [1.82, 2.24) is 10.6 Å². The number of benzene rings is 2. The minimum absolute atomic E-state index is 0.155. The molecule has 2 aromatic rings. The van der Waals surface area contributed by atoms with Crippen LogP contribution in [0.25, 0.3) is 0 Å². The Hall–Kier alpha value is -3.61. The Kier molecular flexibility index (Phi) is 10.3. The Bertz CT molecular complexity index is 1400. The van der Waals surface area contributed by atoms with Crippen molar-refractivity contribution in [3.8, 4) is 0 Å². The van der Waals surface area contributed by atoms with E-state index in [1.54, 1.807) is 45.0 Å². The SMILES string of the molecule is Cc1ccc(S(=O)(=O)C[C@H]2CCCC[C@@H]2NC(=O)CNC(=O)c2cc(C(F)(F)F)ccc2NC(=O)OC(C)(C)C)cc1. The topological polar surface area (TPSA) is 131 Å². The molecule has 13 heteroatoms. The summed E-state index contributed by atoms with van der Waals surface area (Å²) in [5, 5.41) is 7.35. The van der Waals surface area contributed by atoms with Gasteiger partial charge >= 0.3 is 12.3 Å². The summed E-state index contributed by atoms with van der Waals surface area (Å²) in [4.78, 5) is 38.1. The number of ether oxygens (including phenoxy) is 1. The molecule has 0 aliphatic heterocycles. The second-order valence-electron chi connectivity index (χ2n) is 11.4. The van der Waals surface area contributed by atoms with E-state index in [2.05, 4.69) is 16.0 Å². The molecule has 2 atom stereocenters. The molecule has 0 aromatic heterocycles. The maximum Gasteiger partial charge on any atom is 0.416 e. The molecule has 1 aliphatic rings. The van der Waals surface area contributed by atoms with Crippen LogP contribution < -0.4 is 16.0 Å². The van der Waals surface area contributed by atoms with Gasteiger partial charge in [0.25, 0.3) is 5.91 Å². The summed E-state index contributed by atoms with van der Waals surface area (Å²) in [6.45, 7) is 6.07. The van der Waals surface area contributed by atoms with E-state index in [1.165, 1.54) is 0 Å². The molecule has 0 spiro atoms. The molecule has 0 radical (unpaired) electrons. The second-order valence-corrected chi connectivity index (χ2v) is 13.4. The number of hydrogen-bond acceptors (Lipinski definition) is 6. The molecule has 9 nitrogen and oxygen atoms in total. The van der Waals surface area contributed by atoms with Gasteiger partial charge in [-0.3, -0.25) is 14.9 Å². The number of sulfone groups is 1. The molecule has 230 valence electrons. The molecule has 1 aliphatic carbocycles. The highest BCUT2D eigenvalue weighted by Crippen LogP contribution is 2.32. The lowest BCUT2D eigenvalue weighted by atomic mass is 9.86. The van der Waals surface area contributed by atoms with Gasteiger partial charge in [0.15, 0.2) is 9.84 Å². The smallest absolute Gasteiger partial charge is 0.416 e. The minimum atomic E-state index is -4.76. The average Bonchev–Trinajstić information content (AvgIpc) is 2.87. The van der Waals surface area contributed by atoms with Crippen LogP contribution in [-0.2, 0) is 25.5 Å². The third-order valence-corrected chi connectivity index (χ3v) is 8.56. The van der Waals surface area contributed by atoms with Crippen molar-refractivity contribution in [2.45, 2.75) is 76.1 Å². The van der Waals surface area contributed by atoms with E-state index in [4.69, 9.17) is 4.74 Å². The van der Waals surface area contributed by atoms with E-state index < -0.39 is 63.2 Å². The average molecular weight is 612 g/mol. The number of anilines is 1. The van der Waals surface area contributed by atoms with Crippen LogP contribution in [0.1, 0.15) is 67.9 Å². The normalized spacial score (nSPS) is 17.7. The van der Waals surface area contributed by atoms with Crippen molar-refractivity contribution in [3.05, 3.63) is 59.2 Å². The summed E-state index contributed by atoms with van der Waals surface area (Å²) in [6.07, 6.45) is -3.01. The van der Waals surface area contributed by atoms with Gasteiger partial charge in [-0.25, -0.2) is 13.2 Å². The van der Waals surface area contributed by atoms with Gasteiger partial charge in [-0.05, 0) is 76.8 Å². The quantitative estimate of drug-likeness (QED) is 0.374. The molecule has 0 saturated heterocycles. The summed E-state index contributed by atoms with van der Waals surface area (Å²) in [6, 6.07) is 8.30. The van der Waals surface area contributed by atoms with E-state index >= 15 is 0 Å². The van der Waals surface area contributed by atoms with Crippen molar-refractivity contribution >= 4 is 33.4 Å². The number of halogens is 3. The third-order valence-electron chi connectivity index (χ3n) is 6.71. The van der Waals surface area contributed by atoms with Crippen molar-refractivity contribution in [2.75, 3.05) is 17.6 Å². The predicted octanol–water partition coefficient (Wildman–Crippen LogP) is 5.24. The molecular weight excluding hydrogens is 575 g/mol. The van der Waals surface area contributed by atoms with Gasteiger partial charge in [0.2, 0.25) is 5.91 Å². The number of alkyl halides is 3. The van der Waals surface area contributed by atoms with Crippen LogP contribution in [-0.4, -0.2) is 50.3 Å². The monoisotopic (exact) mass is 611 g/mol. The third kappa shape index (κ3) is 9.47. The summed E-state index contributed by atoms with van der Waals surface area (Å²) < 4.78 is 71.2. The van der Waals surface area contributed by atoms with E-state index in [0.717, 1.165) is 24.5 Å². The highest BCUT2D eigenvalue weighted by Gasteiger charge is 2.33. The van der Waals surface area contributed by atoms with Gasteiger partial charge in [-0.2, -0.15) is 13.2 Å². The summed E-state index contributed by atoms with van der Waals surface area (Å²) in [7, 11) is -3.61. The maximum atomic E-state index is 13.4. The largest absolute Gasteiger partial charge is 0.444 e. The Morgan fingerprint density at radius 1 is 0.976 bits per heavy atom. The van der Waals surface area contributed by atoms with Crippen molar-refractivity contribution < 1.29 is 40.7 Å². The fourth-order valence-corrected chi connectivity index (χ4v) is 6.37. The van der Waals surface area contributed by atoms with E-state index in [1.807, 2.05) is 6.92 Å². The van der Waals surface area contributed by atoms with Crippen LogP contribution >= 0.6 is 0 Å². The summed E-state index contributed by atoms with van der Waals surface area (Å²) in [5.41, 5.74) is -1.83. The highest BCUT2D eigenvalue weighted by atomic mass is 32.2. The molecule has 1 fully saturated rings. The summed E-state index contributed by atoms with van der Waals surface area (Å²) >= 11 is 0. The van der Waals surface area contributed by atoms with Gasteiger partial charge in [0.1, 0.15) is 5.60 Å². The van der Waals surface area contributed by atoms with Crippen LogP contribution in [0.2, 0.25) is 0 Å². The Balaban J connectivity index is 1.68. The van der Waals surface area contributed by atoms with Crippen molar-refractivity contribution in [3.63, 3.8) is 0 Å². The molecule has 3 amide bonds. The number of carbonyl (C=O) groups excluding carboxylic acids is 3. The van der Waals surface area contributed by atoms with Gasteiger partial charge < -0.3 is 15.4 Å². The van der Waals surface area contributed by atoms with Gasteiger partial charge in [0.05, 0.1) is 34.0 Å². The Morgan fingerprint density at radius 2 is 1.62 bits per heavy atom. The van der Waals surface area contributed by atoms with E-state index in [9.17, 15) is 36.0 Å². The lowest BCUT2D eigenvalue weighted by Gasteiger charge is -2.32. The Labute approximate surface area is 243 Å². The maximum absolute atomic E-state index is 13.4. The standard InChI is InChI=1S/C29H36F3N3O6S/c1-18-9-12-21(13-10-18)42(39,40)17-19-7-5-6-8-23(19)34-25(36)16-33-26(37)22-15-20(29(30,31)32)11-14-24(22)35-27(38)41-28(2,3)4/h9-15,19,23H,5-8,16-17H2,1-4H3,(H,33,37)(H,34,36)(H,35,38)/t19-,23+/m1/s1. The zero-order valence-corrected chi connectivity index (χ0v) is 24.7. The fourth-order valence-electron chi connectivity index (χ4n) is 4.67. The molecular formula is C29H36F3N3O6S. The molecule has 2 aromatic carbocycles. The van der Waals surface area contributed by atoms with Crippen LogP contribution in [0.15, 0.2) is 47.4 Å². The number of rotatable bonds is 8. The first-order valence-corrected chi connectivity index (χ1v) is 15.2. The number of amides is 3. The number of carbonyl (C=O) groups is 3. The van der Waals surface area contributed by atoms with Crippen molar-refractivity contribution in [1.29, 1.82) is 0 Å².